The lowest BCUT2D eigenvalue weighted by Crippen LogP contribution is -2.03. The molecule has 0 radical (unpaired) electrons. The van der Waals surface area contributed by atoms with Crippen LogP contribution in [0.1, 0.15) is 32.7 Å². The Morgan fingerprint density at radius 2 is 1.80 bits per heavy atom. The van der Waals surface area contributed by atoms with Crippen LogP contribution in [0.25, 0.3) is 0 Å². The van der Waals surface area contributed by atoms with Crippen molar-refractivity contribution in [1.82, 2.24) is 4.98 Å². The van der Waals surface area contributed by atoms with E-state index in [9.17, 15) is 18.3 Å². The summed E-state index contributed by atoms with van der Waals surface area (Å²) in [5.74, 6) is 0. The second kappa shape index (κ2) is 5.46. The molecule has 0 aliphatic heterocycles. The van der Waals surface area contributed by atoms with Gasteiger partial charge in [0.05, 0.1) is 4.88 Å². The zero-order valence-corrected chi connectivity index (χ0v) is 13.0. The summed E-state index contributed by atoms with van der Waals surface area (Å²) in [6, 6.07) is 3.49. The average molecular weight is 366 g/mol. The monoisotopic (exact) mass is 365 g/mol. The van der Waals surface area contributed by atoms with Crippen molar-refractivity contribution in [3.63, 3.8) is 0 Å². The summed E-state index contributed by atoms with van der Waals surface area (Å²) in [6.07, 6.45) is -4.51. The molecule has 1 aromatic heterocycles. The SMILES string of the molecule is Cc1cc(C(O)c2cnc(C(F)(F)F)s2)cc(C)c1Br. The highest BCUT2D eigenvalue weighted by Crippen LogP contribution is 2.36. The van der Waals surface area contributed by atoms with Crippen molar-refractivity contribution in [2.75, 3.05) is 0 Å². The average Bonchev–Trinajstić information content (AvgIpc) is 2.83. The topological polar surface area (TPSA) is 33.1 Å². The van der Waals surface area contributed by atoms with E-state index in [0.29, 0.717) is 16.9 Å². The minimum absolute atomic E-state index is 0.179. The summed E-state index contributed by atoms with van der Waals surface area (Å²) < 4.78 is 38.4. The molecule has 0 spiro atoms. The number of alkyl halides is 3. The Morgan fingerprint density at radius 3 is 2.25 bits per heavy atom. The standard InChI is InChI=1S/C13H11BrF3NOS/c1-6-3-8(4-7(2)10(6)14)11(19)9-5-18-12(20-9)13(15,16)17/h3-5,11,19H,1-2H3. The van der Waals surface area contributed by atoms with E-state index in [1.165, 1.54) is 0 Å². The first-order valence-electron chi connectivity index (χ1n) is 5.67. The quantitative estimate of drug-likeness (QED) is 0.841. The molecule has 1 atom stereocenters. The first-order valence-corrected chi connectivity index (χ1v) is 7.28. The van der Waals surface area contributed by atoms with Crippen LogP contribution in [-0.4, -0.2) is 10.1 Å². The Bertz CT molecular complexity index is 616. The third-order valence-corrected chi connectivity index (χ3v) is 5.16. The summed E-state index contributed by atoms with van der Waals surface area (Å²) in [5.41, 5.74) is 2.39. The third-order valence-electron chi connectivity index (χ3n) is 2.81. The van der Waals surface area contributed by atoms with E-state index in [-0.39, 0.29) is 4.88 Å². The highest BCUT2D eigenvalue weighted by atomic mass is 79.9. The van der Waals surface area contributed by atoms with E-state index in [1.54, 1.807) is 12.1 Å². The van der Waals surface area contributed by atoms with Crippen molar-refractivity contribution in [2.45, 2.75) is 26.1 Å². The maximum absolute atomic E-state index is 12.5. The van der Waals surface area contributed by atoms with E-state index in [0.717, 1.165) is 21.8 Å². The van der Waals surface area contributed by atoms with Gasteiger partial charge in [0, 0.05) is 10.7 Å². The number of aromatic nitrogens is 1. The smallest absolute Gasteiger partial charge is 0.383 e. The van der Waals surface area contributed by atoms with E-state index in [2.05, 4.69) is 20.9 Å². The lowest BCUT2D eigenvalue weighted by atomic mass is 10.0. The lowest BCUT2D eigenvalue weighted by Gasteiger charge is -2.12. The second-order valence-corrected chi connectivity index (χ2v) is 6.29. The fraction of sp³-hybridized carbons (Fsp3) is 0.308. The molecule has 20 heavy (non-hydrogen) atoms. The second-order valence-electron chi connectivity index (χ2n) is 4.44. The molecule has 108 valence electrons. The number of rotatable bonds is 2. The van der Waals surface area contributed by atoms with Crippen molar-refractivity contribution >= 4 is 27.3 Å². The zero-order valence-electron chi connectivity index (χ0n) is 10.6. The molecular formula is C13H11BrF3NOS. The van der Waals surface area contributed by atoms with Gasteiger partial charge in [0.15, 0.2) is 5.01 Å². The summed E-state index contributed by atoms with van der Waals surface area (Å²) in [7, 11) is 0. The summed E-state index contributed by atoms with van der Waals surface area (Å²) in [6.45, 7) is 3.72. The number of nitrogens with zero attached hydrogens (tertiary/aromatic N) is 1. The fourth-order valence-electron chi connectivity index (χ4n) is 1.85. The Morgan fingerprint density at radius 1 is 1.25 bits per heavy atom. The molecule has 1 N–H and O–H groups in total. The highest BCUT2D eigenvalue weighted by Gasteiger charge is 2.35. The lowest BCUT2D eigenvalue weighted by molar-refractivity contribution is -0.137. The van der Waals surface area contributed by atoms with Crippen molar-refractivity contribution in [3.05, 3.63) is 49.4 Å². The number of benzene rings is 1. The number of aliphatic hydroxyl groups excluding tert-OH is 1. The molecule has 0 saturated heterocycles. The zero-order chi connectivity index (χ0) is 15.1. The minimum Gasteiger partial charge on any atom is -0.383 e. The first-order chi connectivity index (χ1) is 9.20. The molecule has 2 rings (SSSR count). The number of thiazole rings is 1. The predicted octanol–water partition coefficient (Wildman–Crippen LogP) is 4.62. The van der Waals surface area contributed by atoms with Gasteiger partial charge in [-0.2, -0.15) is 13.2 Å². The van der Waals surface area contributed by atoms with Gasteiger partial charge in [0.1, 0.15) is 6.10 Å². The van der Waals surface area contributed by atoms with Crippen LogP contribution in [0.4, 0.5) is 13.2 Å². The number of hydrogen-bond acceptors (Lipinski definition) is 3. The van der Waals surface area contributed by atoms with Crippen LogP contribution in [0.2, 0.25) is 0 Å². The molecule has 2 nitrogen and oxygen atoms in total. The van der Waals surface area contributed by atoms with Crippen molar-refractivity contribution in [2.24, 2.45) is 0 Å². The molecular weight excluding hydrogens is 355 g/mol. The van der Waals surface area contributed by atoms with Crippen LogP contribution in [0, 0.1) is 13.8 Å². The van der Waals surface area contributed by atoms with Crippen LogP contribution < -0.4 is 0 Å². The molecule has 0 aliphatic carbocycles. The van der Waals surface area contributed by atoms with Crippen LogP contribution >= 0.6 is 27.3 Å². The molecule has 0 amide bonds. The van der Waals surface area contributed by atoms with Gasteiger partial charge < -0.3 is 5.11 Å². The van der Waals surface area contributed by atoms with Crippen LogP contribution in [0.3, 0.4) is 0 Å². The Labute approximate surface area is 126 Å². The van der Waals surface area contributed by atoms with Crippen LogP contribution in [0.5, 0.6) is 0 Å². The van der Waals surface area contributed by atoms with Gasteiger partial charge in [0.25, 0.3) is 0 Å². The summed E-state index contributed by atoms with van der Waals surface area (Å²) in [4.78, 5) is 3.50. The Hall–Kier alpha value is -0.920. The molecule has 1 heterocycles. The van der Waals surface area contributed by atoms with Gasteiger partial charge in [-0.25, -0.2) is 4.98 Å². The Balaban J connectivity index is 2.36. The summed E-state index contributed by atoms with van der Waals surface area (Å²) >= 11 is 3.87. The maximum Gasteiger partial charge on any atom is 0.443 e. The normalized spacial score (nSPS) is 13.6. The Kier molecular flexibility index (Phi) is 4.22. The van der Waals surface area contributed by atoms with Crippen LogP contribution in [-0.2, 0) is 6.18 Å². The van der Waals surface area contributed by atoms with E-state index in [1.807, 2.05) is 13.8 Å². The third kappa shape index (κ3) is 3.05. The van der Waals surface area contributed by atoms with Crippen molar-refractivity contribution in [3.8, 4) is 0 Å². The molecule has 7 heteroatoms. The molecule has 1 aromatic carbocycles. The van der Waals surface area contributed by atoms with Crippen molar-refractivity contribution < 1.29 is 18.3 Å². The van der Waals surface area contributed by atoms with Gasteiger partial charge in [-0.1, -0.05) is 28.1 Å². The van der Waals surface area contributed by atoms with E-state index < -0.39 is 17.3 Å². The highest BCUT2D eigenvalue weighted by molar-refractivity contribution is 9.10. The molecule has 0 bridgehead atoms. The van der Waals surface area contributed by atoms with Gasteiger partial charge in [0.2, 0.25) is 0 Å². The predicted molar refractivity (Wildman–Crippen MR) is 74.8 cm³/mol. The molecule has 2 aromatic rings. The summed E-state index contributed by atoms with van der Waals surface area (Å²) in [5, 5.41) is 9.25. The number of hydrogen-bond donors (Lipinski definition) is 1. The van der Waals surface area contributed by atoms with Gasteiger partial charge >= 0.3 is 6.18 Å². The maximum atomic E-state index is 12.5. The first kappa shape index (κ1) is 15.5. The number of halogens is 4. The number of aliphatic hydroxyl groups is 1. The molecule has 1 unspecified atom stereocenters. The van der Waals surface area contributed by atoms with Crippen molar-refractivity contribution in [1.29, 1.82) is 0 Å². The van der Waals surface area contributed by atoms with Crippen LogP contribution in [0.15, 0.2) is 22.8 Å². The van der Waals surface area contributed by atoms with E-state index >= 15 is 0 Å². The fourth-order valence-corrected chi connectivity index (χ4v) is 2.87. The van der Waals surface area contributed by atoms with Gasteiger partial charge in [-0.3, -0.25) is 0 Å². The molecule has 0 fully saturated rings. The van der Waals surface area contributed by atoms with Gasteiger partial charge in [-0.05, 0) is 30.5 Å². The van der Waals surface area contributed by atoms with E-state index in [4.69, 9.17) is 0 Å². The molecule has 0 saturated carbocycles. The van der Waals surface area contributed by atoms with Gasteiger partial charge in [-0.15, -0.1) is 11.3 Å². The molecule has 0 aliphatic rings. The largest absolute Gasteiger partial charge is 0.443 e. The minimum atomic E-state index is -4.48. The number of aryl methyl sites for hydroxylation is 2.